The summed E-state index contributed by atoms with van der Waals surface area (Å²) in [4.78, 5) is 2.60. The highest BCUT2D eigenvalue weighted by atomic mass is 15.1. The molecule has 0 N–H and O–H groups in total. The zero-order chi connectivity index (χ0) is 14.0. The van der Waals surface area contributed by atoms with E-state index in [1.807, 2.05) is 0 Å². The molecule has 1 aromatic rings. The first-order chi connectivity index (χ1) is 8.88. The van der Waals surface area contributed by atoms with Gasteiger partial charge in [0.2, 0.25) is 0 Å². The molecule has 0 amide bonds. The van der Waals surface area contributed by atoms with Crippen LogP contribution in [0.2, 0.25) is 0 Å². The summed E-state index contributed by atoms with van der Waals surface area (Å²) >= 11 is 0. The molecule has 0 aromatic heterocycles. The molecule has 2 rings (SSSR count). The highest BCUT2D eigenvalue weighted by Gasteiger charge is 2.22. The average molecular weight is 259 g/mol. The smallest absolute Gasteiger partial charge is 0.00385 e. The van der Waals surface area contributed by atoms with E-state index >= 15 is 0 Å². The fourth-order valence-electron chi connectivity index (χ4n) is 3.00. The highest BCUT2D eigenvalue weighted by molar-refractivity contribution is 5.29. The predicted octanol–water partition coefficient (Wildman–Crippen LogP) is 4.57. The summed E-state index contributed by atoms with van der Waals surface area (Å²) in [5.74, 6) is 0.768. The van der Waals surface area contributed by atoms with Crippen molar-refractivity contribution in [1.82, 2.24) is 4.90 Å². The number of benzene rings is 1. The molecule has 0 spiro atoms. The van der Waals surface area contributed by atoms with Crippen LogP contribution in [0.1, 0.15) is 64.5 Å². The molecule has 1 fully saturated rings. The lowest BCUT2D eigenvalue weighted by Crippen LogP contribution is -2.37. The first-order valence-electron chi connectivity index (χ1n) is 7.72. The van der Waals surface area contributed by atoms with Crippen LogP contribution >= 0.6 is 0 Å². The van der Waals surface area contributed by atoms with Crippen molar-refractivity contribution < 1.29 is 0 Å². The van der Waals surface area contributed by atoms with E-state index in [0.29, 0.717) is 6.04 Å². The van der Waals surface area contributed by atoms with E-state index in [0.717, 1.165) is 5.92 Å². The van der Waals surface area contributed by atoms with Crippen LogP contribution in [0.15, 0.2) is 24.3 Å². The quantitative estimate of drug-likeness (QED) is 0.752. The van der Waals surface area contributed by atoms with Crippen molar-refractivity contribution >= 4 is 0 Å². The monoisotopic (exact) mass is 259 g/mol. The molecule has 1 aromatic carbocycles. The maximum atomic E-state index is 2.60. The van der Waals surface area contributed by atoms with Gasteiger partial charge in [0.15, 0.2) is 0 Å². The first-order valence-corrected chi connectivity index (χ1v) is 7.72. The van der Waals surface area contributed by atoms with Crippen molar-refractivity contribution in [3.8, 4) is 0 Å². The summed E-state index contributed by atoms with van der Waals surface area (Å²) < 4.78 is 0. The van der Waals surface area contributed by atoms with Gasteiger partial charge in [0.1, 0.15) is 0 Å². The number of rotatable bonds is 2. The second-order valence-corrected chi connectivity index (χ2v) is 7.28. The van der Waals surface area contributed by atoms with Crippen LogP contribution in [0.3, 0.4) is 0 Å². The Balaban J connectivity index is 2.00. The van der Waals surface area contributed by atoms with E-state index in [2.05, 4.69) is 63.8 Å². The molecule has 1 aliphatic rings. The Morgan fingerprint density at radius 3 is 1.95 bits per heavy atom. The SMILES string of the molecule is CC(C)N1CCC(c2ccc(C(C)(C)C)cc2)CC1. The second-order valence-electron chi connectivity index (χ2n) is 7.28. The molecule has 1 heterocycles. The van der Waals surface area contributed by atoms with Gasteiger partial charge in [-0.25, -0.2) is 0 Å². The lowest BCUT2D eigenvalue weighted by atomic mass is 9.84. The Morgan fingerprint density at radius 2 is 1.53 bits per heavy atom. The minimum absolute atomic E-state index is 0.263. The number of nitrogens with zero attached hydrogens (tertiary/aromatic N) is 1. The van der Waals surface area contributed by atoms with Gasteiger partial charge >= 0.3 is 0 Å². The van der Waals surface area contributed by atoms with Crippen molar-refractivity contribution in [2.45, 2.75) is 64.8 Å². The summed E-state index contributed by atoms with van der Waals surface area (Å²) in [6.45, 7) is 14.0. The predicted molar refractivity (Wildman–Crippen MR) is 83.8 cm³/mol. The molecule has 0 atom stereocenters. The second kappa shape index (κ2) is 5.66. The molecule has 0 bridgehead atoms. The summed E-state index contributed by atoms with van der Waals surface area (Å²) in [6, 6.07) is 10.1. The lowest BCUT2D eigenvalue weighted by Gasteiger charge is -2.35. The topological polar surface area (TPSA) is 3.24 Å². The van der Waals surface area contributed by atoms with Crippen LogP contribution in [0.4, 0.5) is 0 Å². The summed E-state index contributed by atoms with van der Waals surface area (Å²) in [5, 5.41) is 0. The lowest BCUT2D eigenvalue weighted by molar-refractivity contribution is 0.172. The largest absolute Gasteiger partial charge is 0.301 e. The molecule has 1 nitrogen and oxygen atoms in total. The van der Waals surface area contributed by atoms with E-state index in [-0.39, 0.29) is 5.41 Å². The molecule has 1 saturated heterocycles. The number of piperidine rings is 1. The van der Waals surface area contributed by atoms with Gasteiger partial charge in [-0.2, -0.15) is 0 Å². The fraction of sp³-hybridized carbons (Fsp3) is 0.667. The van der Waals surface area contributed by atoms with Gasteiger partial charge in [-0.1, -0.05) is 45.0 Å². The third-order valence-electron chi connectivity index (χ3n) is 4.51. The van der Waals surface area contributed by atoms with E-state index in [1.54, 1.807) is 0 Å². The number of hydrogen-bond acceptors (Lipinski definition) is 1. The third kappa shape index (κ3) is 3.60. The Hall–Kier alpha value is -0.820. The van der Waals surface area contributed by atoms with Gasteiger partial charge in [0, 0.05) is 6.04 Å². The Labute approximate surface area is 119 Å². The van der Waals surface area contributed by atoms with Gasteiger partial charge in [-0.05, 0) is 62.2 Å². The molecular formula is C18H29N. The van der Waals surface area contributed by atoms with Crippen LogP contribution in [-0.4, -0.2) is 24.0 Å². The van der Waals surface area contributed by atoms with E-state index in [4.69, 9.17) is 0 Å². The molecule has 0 radical (unpaired) electrons. The van der Waals surface area contributed by atoms with Crippen molar-refractivity contribution in [1.29, 1.82) is 0 Å². The molecule has 106 valence electrons. The first kappa shape index (κ1) is 14.6. The fourth-order valence-corrected chi connectivity index (χ4v) is 3.00. The molecular weight excluding hydrogens is 230 g/mol. The average Bonchev–Trinajstić information content (AvgIpc) is 2.38. The van der Waals surface area contributed by atoms with Crippen molar-refractivity contribution in [3.63, 3.8) is 0 Å². The highest BCUT2D eigenvalue weighted by Crippen LogP contribution is 2.30. The van der Waals surface area contributed by atoms with Crippen molar-refractivity contribution in [2.24, 2.45) is 0 Å². The van der Waals surface area contributed by atoms with Crippen molar-refractivity contribution in [3.05, 3.63) is 35.4 Å². The zero-order valence-electron chi connectivity index (χ0n) is 13.2. The molecule has 1 aliphatic heterocycles. The Kier molecular flexibility index (Phi) is 4.35. The number of hydrogen-bond donors (Lipinski definition) is 0. The van der Waals surface area contributed by atoms with Gasteiger partial charge in [0.05, 0.1) is 0 Å². The Morgan fingerprint density at radius 1 is 1.00 bits per heavy atom. The summed E-state index contributed by atoms with van der Waals surface area (Å²) in [6.07, 6.45) is 2.63. The maximum Gasteiger partial charge on any atom is 0.00385 e. The summed E-state index contributed by atoms with van der Waals surface area (Å²) in [5.41, 5.74) is 3.24. The molecule has 0 unspecified atom stereocenters. The van der Waals surface area contributed by atoms with Crippen LogP contribution in [0.25, 0.3) is 0 Å². The van der Waals surface area contributed by atoms with Gasteiger partial charge in [-0.3, -0.25) is 0 Å². The zero-order valence-corrected chi connectivity index (χ0v) is 13.2. The van der Waals surface area contributed by atoms with Crippen LogP contribution in [0, 0.1) is 0 Å². The standard InChI is InChI=1S/C18H29N/c1-14(2)19-12-10-16(11-13-19)15-6-8-17(9-7-15)18(3,4)5/h6-9,14,16H,10-13H2,1-5H3. The van der Waals surface area contributed by atoms with Gasteiger partial charge < -0.3 is 4.90 Å². The maximum absolute atomic E-state index is 2.60. The van der Waals surface area contributed by atoms with Gasteiger partial charge in [0.25, 0.3) is 0 Å². The molecule has 1 heteroatoms. The Bertz CT molecular complexity index is 389. The van der Waals surface area contributed by atoms with E-state index < -0.39 is 0 Å². The molecule has 19 heavy (non-hydrogen) atoms. The van der Waals surface area contributed by atoms with E-state index in [1.165, 1.54) is 37.1 Å². The van der Waals surface area contributed by atoms with Crippen LogP contribution in [-0.2, 0) is 5.41 Å². The third-order valence-corrected chi connectivity index (χ3v) is 4.51. The summed E-state index contributed by atoms with van der Waals surface area (Å²) in [7, 11) is 0. The normalized spacial score (nSPS) is 19.1. The number of likely N-dealkylation sites (tertiary alicyclic amines) is 1. The molecule has 0 aliphatic carbocycles. The minimum Gasteiger partial charge on any atom is -0.301 e. The van der Waals surface area contributed by atoms with E-state index in [9.17, 15) is 0 Å². The van der Waals surface area contributed by atoms with Gasteiger partial charge in [-0.15, -0.1) is 0 Å². The van der Waals surface area contributed by atoms with Crippen molar-refractivity contribution in [2.75, 3.05) is 13.1 Å². The van der Waals surface area contributed by atoms with Crippen LogP contribution in [0.5, 0.6) is 0 Å². The van der Waals surface area contributed by atoms with Crippen LogP contribution < -0.4 is 0 Å². The minimum atomic E-state index is 0.263. The molecule has 0 saturated carbocycles.